The van der Waals surface area contributed by atoms with Crippen molar-refractivity contribution in [1.29, 1.82) is 0 Å². The molecule has 0 nitrogen and oxygen atoms in total. The zero-order valence-corrected chi connectivity index (χ0v) is 18.8. The van der Waals surface area contributed by atoms with Crippen molar-refractivity contribution in [3.05, 3.63) is 71.8 Å². The van der Waals surface area contributed by atoms with Crippen LogP contribution < -0.4 is 0 Å². The smallest absolute Gasteiger partial charge is 0.0171 e. The number of unbranched alkanes of at least 4 members (excludes halogenated alkanes) is 6. The largest absolute Gasteiger partial charge is 0.0654 e. The Bertz CT molecular complexity index is 1030. The average molecular weight is 397 g/mol. The van der Waals surface area contributed by atoms with Crippen LogP contribution in [-0.2, 0) is 12.8 Å². The fourth-order valence-electron chi connectivity index (χ4n) is 4.79. The minimum atomic E-state index is 1.23. The molecular formula is C30H36. The van der Waals surface area contributed by atoms with Gasteiger partial charge < -0.3 is 0 Å². The van der Waals surface area contributed by atoms with E-state index in [0.717, 1.165) is 0 Å². The first-order valence-electron chi connectivity index (χ1n) is 12.2. The summed E-state index contributed by atoms with van der Waals surface area (Å²) in [5, 5.41) is 8.18. The minimum absolute atomic E-state index is 1.23. The normalized spacial score (nSPS) is 11.7. The maximum absolute atomic E-state index is 2.51. The highest BCUT2D eigenvalue weighted by molar-refractivity contribution is 6.04. The van der Waals surface area contributed by atoms with Gasteiger partial charge >= 0.3 is 0 Å². The number of aryl methyl sites for hydroxylation is 2. The zero-order valence-electron chi connectivity index (χ0n) is 18.8. The predicted molar refractivity (Wildman–Crippen MR) is 135 cm³/mol. The molecule has 0 bridgehead atoms. The Morgan fingerprint density at radius 2 is 0.833 bits per heavy atom. The summed E-state index contributed by atoms with van der Waals surface area (Å²) in [5.41, 5.74) is 3.19. The quantitative estimate of drug-likeness (QED) is 0.185. The van der Waals surface area contributed by atoms with Gasteiger partial charge in [0.2, 0.25) is 0 Å². The Morgan fingerprint density at radius 3 is 1.27 bits per heavy atom. The molecule has 0 fully saturated rings. The topological polar surface area (TPSA) is 0 Å². The molecule has 0 aromatic heterocycles. The Labute approximate surface area is 182 Å². The highest BCUT2D eigenvalue weighted by atomic mass is 14.1. The summed E-state index contributed by atoms with van der Waals surface area (Å²) in [6.45, 7) is 4.59. The Morgan fingerprint density at radius 1 is 0.433 bits per heavy atom. The van der Waals surface area contributed by atoms with Crippen LogP contribution in [0.5, 0.6) is 0 Å². The fourth-order valence-corrected chi connectivity index (χ4v) is 4.79. The third-order valence-corrected chi connectivity index (χ3v) is 6.58. The minimum Gasteiger partial charge on any atom is -0.0654 e. The van der Waals surface area contributed by atoms with E-state index in [9.17, 15) is 0 Å². The van der Waals surface area contributed by atoms with Gasteiger partial charge in [-0.05, 0) is 93.4 Å². The van der Waals surface area contributed by atoms with Crippen LogP contribution in [-0.4, -0.2) is 0 Å². The van der Waals surface area contributed by atoms with Gasteiger partial charge in [0.05, 0.1) is 0 Å². The third-order valence-electron chi connectivity index (χ3n) is 6.58. The summed E-state index contributed by atoms with van der Waals surface area (Å²) in [6.07, 6.45) is 13.1. The van der Waals surface area contributed by atoms with E-state index in [1.807, 2.05) is 0 Å². The summed E-state index contributed by atoms with van der Waals surface area (Å²) in [4.78, 5) is 0. The van der Waals surface area contributed by atoms with Gasteiger partial charge in [-0.2, -0.15) is 0 Å². The first-order chi connectivity index (χ1) is 14.8. The molecule has 0 unspecified atom stereocenters. The van der Waals surface area contributed by atoms with E-state index in [0.29, 0.717) is 0 Å². The Balaban J connectivity index is 1.71. The molecule has 0 N–H and O–H groups in total. The molecule has 0 aliphatic carbocycles. The van der Waals surface area contributed by atoms with Crippen molar-refractivity contribution in [2.75, 3.05) is 0 Å². The summed E-state index contributed by atoms with van der Waals surface area (Å²) < 4.78 is 0. The van der Waals surface area contributed by atoms with Gasteiger partial charge in [0.15, 0.2) is 0 Å². The SMILES string of the molecule is CCCCCCc1cc2cc3cc4ccccc4cc3cc2cc1CCCCCC. The van der Waals surface area contributed by atoms with Gasteiger partial charge in [0.1, 0.15) is 0 Å². The summed E-state index contributed by atoms with van der Waals surface area (Å²) in [5.74, 6) is 0. The molecule has 30 heavy (non-hydrogen) atoms. The van der Waals surface area contributed by atoms with Crippen molar-refractivity contribution in [3.63, 3.8) is 0 Å². The molecule has 0 saturated carbocycles. The molecular weight excluding hydrogens is 360 g/mol. The lowest BCUT2D eigenvalue weighted by atomic mass is 9.92. The molecule has 0 heteroatoms. The van der Waals surface area contributed by atoms with Gasteiger partial charge in [-0.15, -0.1) is 0 Å². The van der Waals surface area contributed by atoms with E-state index in [4.69, 9.17) is 0 Å². The molecule has 0 heterocycles. The monoisotopic (exact) mass is 396 g/mol. The molecule has 0 amide bonds. The first kappa shape index (κ1) is 20.9. The van der Waals surface area contributed by atoms with E-state index in [1.54, 1.807) is 11.1 Å². The zero-order chi connectivity index (χ0) is 20.8. The lowest BCUT2D eigenvalue weighted by Crippen LogP contribution is -1.97. The molecule has 0 aliphatic rings. The second-order valence-corrected chi connectivity index (χ2v) is 8.99. The van der Waals surface area contributed by atoms with Crippen molar-refractivity contribution in [1.82, 2.24) is 0 Å². The van der Waals surface area contributed by atoms with Gasteiger partial charge in [-0.3, -0.25) is 0 Å². The molecule has 0 radical (unpaired) electrons. The van der Waals surface area contributed by atoms with E-state index in [-0.39, 0.29) is 0 Å². The van der Waals surface area contributed by atoms with Crippen LogP contribution in [0.25, 0.3) is 32.3 Å². The summed E-state index contributed by atoms with van der Waals surface area (Å²) in [7, 11) is 0. The van der Waals surface area contributed by atoms with E-state index >= 15 is 0 Å². The molecule has 0 spiro atoms. The van der Waals surface area contributed by atoms with Gasteiger partial charge in [-0.25, -0.2) is 0 Å². The Hall–Kier alpha value is -2.34. The maximum Gasteiger partial charge on any atom is -0.0171 e. The Kier molecular flexibility index (Phi) is 7.05. The average Bonchev–Trinajstić information content (AvgIpc) is 2.77. The van der Waals surface area contributed by atoms with Crippen molar-refractivity contribution in [2.45, 2.75) is 78.1 Å². The number of rotatable bonds is 10. The molecule has 4 aromatic rings. The standard InChI is InChI=1S/C30H36/c1-3-5-7-9-13-23-17-27-21-29-19-25-15-11-12-16-26(25)20-30(29)22-28(27)18-24(23)14-10-8-6-4-2/h11-12,15-22H,3-10,13-14H2,1-2H3. The number of benzene rings is 4. The van der Waals surface area contributed by atoms with Crippen molar-refractivity contribution < 1.29 is 0 Å². The highest BCUT2D eigenvalue weighted by Crippen LogP contribution is 2.30. The van der Waals surface area contributed by atoms with Gasteiger partial charge in [0.25, 0.3) is 0 Å². The second kappa shape index (κ2) is 10.1. The molecule has 4 aromatic carbocycles. The van der Waals surface area contributed by atoms with E-state index in [2.05, 4.69) is 74.5 Å². The van der Waals surface area contributed by atoms with Gasteiger partial charge in [0, 0.05) is 0 Å². The molecule has 0 aliphatic heterocycles. The predicted octanol–water partition coefficient (Wildman–Crippen LogP) is 9.39. The van der Waals surface area contributed by atoms with Gasteiger partial charge in [-0.1, -0.05) is 88.8 Å². The summed E-state index contributed by atoms with van der Waals surface area (Å²) >= 11 is 0. The lowest BCUT2D eigenvalue weighted by Gasteiger charge is -2.13. The maximum atomic E-state index is 2.51. The number of fused-ring (bicyclic) bond motifs is 3. The van der Waals surface area contributed by atoms with E-state index in [1.165, 1.54) is 96.5 Å². The van der Waals surface area contributed by atoms with E-state index < -0.39 is 0 Å². The molecule has 0 atom stereocenters. The van der Waals surface area contributed by atoms with Crippen LogP contribution in [0.2, 0.25) is 0 Å². The van der Waals surface area contributed by atoms with Crippen molar-refractivity contribution >= 4 is 32.3 Å². The first-order valence-corrected chi connectivity index (χ1v) is 12.2. The van der Waals surface area contributed by atoms with Crippen LogP contribution in [0.15, 0.2) is 60.7 Å². The highest BCUT2D eigenvalue weighted by Gasteiger charge is 2.08. The second-order valence-electron chi connectivity index (χ2n) is 8.99. The van der Waals surface area contributed by atoms with Crippen LogP contribution in [0.3, 0.4) is 0 Å². The molecule has 0 saturated heterocycles. The summed E-state index contributed by atoms with van der Waals surface area (Å²) in [6, 6.07) is 23.2. The van der Waals surface area contributed by atoms with Crippen molar-refractivity contribution in [2.24, 2.45) is 0 Å². The third kappa shape index (κ3) is 4.86. The number of hydrogen-bond acceptors (Lipinski definition) is 0. The molecule has 4 rings (SSSR count). The number of hydrogen-bond donors (Lipinski definition) is 0. The van der Waals surface area contributed by atoms with Crippen LogP contribution in [0.1, 0.15) is 76.3 Å². The van der Waals surface area contributed by atoms with Crippen LogP contribution in [0, 0.1) is 0 Å². The van der Waals surface area contributed by atoms with Crippen molar-refractivity contribution in [3.8, 4) is 0 Å². The van der Waals surface area contributed by atoms with Crippen LogP contribution in [0.4, 0.5) is 0 Å². The molecule has 156 valence electrons. The fraction of sp³-hybridized carbons (Fsp3) is 0.400. The lowest BCUT2D eigenvalue weighted by molar-refractivity contribution is 0.651. The van der Waals surface area contributed by atoms with Crippen LogP contribution >= 0.6 is 0 Å².